The van der Waals surface area contributed by atoms with Gasteiger partial charge in [-0.2, -0.15) is 0 Å². The van der Waals surface area contributed by atoms with Crippen LogP contribution in [0.2, 0.25) is 0 Å². The van der Waals surface area contributed by atoms with Crippen LogP contribution in [0.4, 0.5) is 8.78 Å². The van der Waals surface area contributed by atoms with Crippen LogP contribution in [-0.4, -0.2) is 12.0 Å². The third-order valence-corrected chi connectivity index (χ3v) is 3.41. The monoisotopic (exact) mass is 266 g/mol. The number of halogens is 2. The van der Waals surface area contributed by atoms with Gasteiger partial charge in [0, 0.05) is 12.7 Å². The Labute approximate surface area is 108 Å². The number of hydrogen-bond donors (Lipinski definition) is 1. The van der Waals surface area contributed by atoms with Crippen molar-refractivity contribution in [2.45, 2.75) is 16.5 Å². The summed E-state index contributed by atoms with van der Waals surface area (Å²) in [5.41, 5.74) is 0.952. The molecule has 2 rings (SSSR count). The zero-order valence-electron chi connectivity index (χ0n) is 9.78. The highest BCUT2D eigenvalue weighted by atomic mass is 32.2. The van der Waals surface area contributed by atoms with E-state index in [-0.39, 0.29) is 4.90 Å². The molecule has 1 aromatic carbocycles. The minimum absolute atomic E-state index is 0.242. The lowest BCUT2D eigenvalue weighted by atomic mass is 10.3. The van der Waals surface area contributed by atoms with Gasteiger partial charge >= 0.3 is 0 Å². The molecule has 1 N–H and O–H groups in total. The highest BCUT2D eigenvalue weighted by Crippen LogP contribution is 2.31. The van der Waals surface area contributed by atoms with E-state index < -0.39 is 11.6 Å². The second kappa shape index (κ2) is 5.93. The summed E-state index contributed by atoms with van der Waals surface area (Å²) in [6, 6.07) is 7.13. The van der Waals surface area contributed by atoms with Gasteiger partial charge in [-0.15, -0.1) is 0 Å². The van der Waals surface area contributed by atoms with Crippen LogP contribution in [0, 0.1) is 11.6 Å². The van der Waals surface area contributed by atoms with Crippen LogP contribution in [0.1, 0.15) is 5.56 Å². The normalized spacial score (nSPS) is 10.6. The molecule has 18 heavy (non-hydrogen) atoms. The number of aromatic nitrogens is 1. The molecule has 1 heterocycles. The first-order valence-electron chi connectivity index (χ1n) is 5.42. The Morgan fingerprint density at radius 2 is 2.11 bits per heavy atom. The molecule has 0 unspecified atom stereocenters. The fourth-order valence-corrected chi connectivity index (χ4v) is 2.43. The molecule has 0 saturated heterocycles. The van der Waals surface area contributed by atoms with Gasteiger partial charge in [0.2, 0.25) is 0 Å². The number of pyridine rings is 1. The number of nitrogens with one attached hydrogen (secondary N) is 1. The third-order valence-electron chi connectivity index (χ3n) is 2.32. The molecule has 0 amide bonds. The average Bonchev–Trinajstić information content (AvgIpc) is 2.36. The Hall–Kier alpha value is -1.46. The Morgan fingerprint density at radius 3 is 2.89 bits per heavy atom. The maximum absolute atomic E-state index is 13.5. The van der Waals surface area contributed by atoms with E-state index in [0.29, 0.717) is 11.6 Å². The summed E-state index contributed by atoms with van der Waals surface area (Å²) in [5.74, 6) is -0.896. The van der Waals surface area contributed by atoms with Gasteiger partial charge in [0.25, 0.3) is 0 Å². The van der Waals surface area contributed by atoms with E-state index in [9.17, 15) is 8.78 Å². The molecule has 0 aliphatic rings. The first kappa shape index (κ1) is 13.0. The topological polar surface area (TPSA) is 24.9 Å². The van der Waals surface area contributed by atoms with Crippen molar-refractivity contribution in [3.05, 3.63) is 53.7 Å². The Balaban J connectivity index is 2.30. The molecule has 0 aliphatic heterocycles. The molecule has 0 saturated carbocycles. The molecule has 2 aromatic rings. The molecule has 5 heteroatoms. The molecule has 0 bridgehead atoms. The van der Waals surface area contributed by atoms with Gasteiger partial charge in [0.15, 0.2) is 0 Å². The molecule has 2 nitrogen and oxygen atoms in total. The van der Waals surface area contributed by atoms with Crippen LogP contribution >= 0.6 is 11.8 Å². The first-order valence-corrected chi connectivity index (χ1v) is 6.23. The van der Waals surface area contributed by atoms with E-state index in [2.05, 4.69) is 10.3 Å². The SMILES string of the molecule is CNCc1cccnc1Sc1cc(F)ccc1F. The number of rotatable bonds is 4. The minimum Gasteiger partial charge on any atom is -0.316 e. The molecule has 0 fully saturated rings. The predicted octanol–water partition coefficient (Wildman–Crippen LogP) is 3.23. The van der Waals surface area contributed by atoms with Crippen molar-refractivity contribution in [3.63, 3.8) is 0 Å². The summed E-state index contributed by atoms with van der Waals surface area (Å²) in [6.07, 6.45) is 1.64. The summed E-state index contributed by atoms with van der Waals surface area (Å²) in [6.45, 7) is 0.632. The van der Waals surface area contributed by atoms with Crippen molar-refractivity contribution < 1.29 is 8.78 Å². The molecule has 0 radical (unpaired) electrons. The van der Waals surface area contributed by atoms with Crippen LogP contribution < -0.4 is 5.32 Å². The standard InChI is InChI=1S/C13H12F2N2S/c1-16-8-9-3-2-6-17-13(9)18-12-7-10(14)4-5-11(12)15/h2-7,16H,8H2,1H3. The second-order valence-electron chi connectivity index (χ2n) is 3.67. The quantitative estimate of drug-likeness (QED) is 0.919. The summed E-state index contributed by atoms with van der Waals surface area (Å²) in [5, 5.41) is 3.69. The highest BCUT2D eigenvalue weighted by Gasteiger charge is 2.09. The Morgan fingerprint density at radius 1 is 1.28 bits per heavy atom. The molecule has 0 aliphatic carbocycles. The number of nitrogens with zero attached hydrogens (tertiary/aromatic N) is 1. The van der Waals surface area contributed by atoms with Crippen molar-refractivity contribution in [3.8, 4) is 0 Å². The fourth-order valence-electron chi connectivity index (χ4n) is 1.50. The predicted molar refractivity (Wildman–Crippen MR) is 67.5 cm³/mol. The lowest BCUT2D eigenvalue weighted by Gasteiger charge is -2.08. The average molecular weight is 266 g/mol. The minimum atomic E-state index is -0.454. The van der Waals surface area contributed by atoms with Gasteiger partial charge in [-0.25, -0.2) is 13.8 Å². The van der Waals surface area contributed by atoms with E-state index in [1.807, 2.05) is 19.2 Å². The maximum Gasteiger partial charge on any atom is 0.137 e. The Kier molecular flexibility index (Phi) is 4.28. The van der Waals surface area contributed by atoms with Crippen LogP contribution in [0.15, 0.2) is 46.5 Å². The van der Waals surface area contributed by atoms with E-state index in [1.165, 1.54) is 6.07 Å². The van der Waals surface area contributed by atoms with Crippen LogP contribution in [0.3, 0.4) is 0 Å². The maximum atomic E-state index is 13.5. The molecular formula is C13H12F2N2S. The molecule has 0 spiro atoms. The zero-order chi connectivity index (χ0) is 13.0. The molecule has 94 valence electrons. The molecular weight excluding hydrogens is 254 g/mol. The van der Waals surface area contributed by atoms with Crippen molar-refractivity contribution in [1.29, 1.82) is 0 Å². The first-order chi connectivity index (χ1) is 8.70. The van der Waals surface area contributed by atoms with Crippen LogP contribution in [0.25, 0.3) is 0 Å². The van der Waals surface area contributed by atoms with Gasteiger partial charge in [-0.1, -0.05) is 17.8 Å². The van der Waals surface area contributed by atoms with E-state index in [1.54, 1.807) is 6.20 Å². The van der Waals surface area contributed by atoms with Crippen LogP contribution in [0.5, 0.6) is 0 Å². The van der Waals surface area contributed by atoms with Gasteiger partial charge in [-0.3, -0.25) is 0 Å². The van der Waals surface area contributed by atoms with Gasteiger partial charge < -0.3 is 5.32 Å². The largest absolute Gasteiger partial charge is 0.316 e. The fraction of sp³-hybridized carbons (Fsp3) is 0.154. The molecule has 0 atom stereocenters. The summed E-state index contributed by atoms with van der Waals surface area (Å²) >= 11 is 1.13. The van der Waals surface area contributed by atoms with E-state index in [0.717, 1.165) is 29.5 Å². The smallest absolute Gasteiger partial charge is 0.137 e. The summed E-state index contributed by atoms with van der Waals surface area (Å²) < 4.78 is 26.6. The molecule has 1 aromatic heterocycles. The third kappa shape index (κ3) is 3.05. The zero-order valence-corrected chi connectivity index (χ0v) is 10.6. The lowest BCUT2D eigenvalue weighted by molar-refractivity contribution is 0.577. The van der Waals surface area contributed by atoms with Crippen molar-refractivity contribution in [2.24, 2.45) is 0 Å². The van der Waals surface area contributed by atoms with Crippen molar-refractivity contribution in [2.75, 3.05) is 7.05 Å². The summed E-state index contributed by atoms with van der Waals surface area (Å²) in [7, 11) is 1.82. The van der Waals surface area contributed by atoms with Crippen LogP contribution in [-0.2, 0) is 6.54 Å². The van der Waals surface area contributed by atoms with Crippen molar-refractivity contribution in [1.82, 2.24) is 10.3 Å². The van der Waals surface area contributed by atoms with Gasteiger partial charge in [0.1, 0.15) is 16.7 Å². The van der Waals surface area contributed by atoms with E-state index in [4.69, 9.17) is 0 Å². The highest BCUT2D eigenvalue weighted by molar-refractivity contribution is 7.99. The number of hydrogen-bond acceptors (Lipinski definition) is 3. The lowest BCUT2D eigenvalue weighted by Crippen LogP contribution is -2.06. The summed E-state index contributed by atoms with van der Waals surface area (Å²) in [4.78, 5) is 4.44. The number of benzene rings is 1. The second-order valence-corrected chi connectivity index (χ2v) is 4.71. The van der Waals surface area contributed by atoms with Gasteiger partial charge in [0.05, 0.1) is 4.90 Å². The van der Waals surface area contributed by atoms with Gasteiger partial charge in [-0.05, 0) is 36.9 Å². The Bertz CT molecular complexity index is 546. The van der Waals surface area contributed by atoms with E-state index >= 15 is 0 Å². The van der Waals surface area contributed by atoms with Crippen molar-refractivity contribution >= 4 is 11.8 Å².